The van der Waals surface area contributed by atoms with Crippen LogP contribution in [0.25, 0.3) is 0 Å². The van der Waals surface area contributed by atoms with Gasteiger partial charge in [-0.2, -0.15) is 0 Å². The van der Waals surface area contributed by atoms with E-state index in [1.807, 2.05) is 137 Å². The van der Waals surface area contributed by atoms with Gasteiger partial charge in [0.25, 0.3) is 11.8 Å². The maximum atomic E-state index is 12.8. The Morgan fingerprint density at radius 3 is 1.38 bits per heavy atom. The smallest absolute Gasteiger partial charge is 0.255 e. The number of para-hydroxylation sites is 2. The third-order valence-corrected chi connectivity index (χ3v) is 7.25. The van der Waals surface area contributed by atoms with Crippen molar-refractivity contribution in [2.24, 2.45) is 0 Å². The van der Waals surface area contributed by atoms with E-state index in [0.717, 1.165) is 11.4 Å². The Kier molecular flexibility index (Phi) is 10.8. The lowest BCUT2D eigenvalue weighted by atomic mass is 8.88. The number of anilines is 2. The average Bonchev–Trinajstić information content (AvgIpc) is 3.75. The number of hydrogen-bond donors (Lipinski definition) is 2. The monoisotopic (exact) mass is 528 g/mol. The lowest BCUT2D eigenvalue weighted by molar-refractivity contribution is 0.101. The van der Waals surface area contributed by atoms with Crippen LogP contribution in [0.15, 0.2) is 109 Å². The highest BCUT2D eigenvalue weighted by Crippen LogP contribution is 2.52. The molecule has 2 amide bonds. The van der Waals surface area contributed by atoms with Crippen molar-refractivity contribution in [3.8, 4) is 0 Å². The molecule has 1 aliphatic rings. The van der Waals surface area contributed by atoms with E-state index >= 15 is 0 Å². The zero-order valence-corrected chi connectivity index (χ0v) is 23.1. The highest BCUT2D eigenvalue weighted by molar-refractivity contribution is 7.69. The van der Waals surface area contributed by atoms with Gasteiger partial charge in [-0.1, -0.05) is 71.8 Å². The van der Waals surface area contributed by atoms with Gasteiger partial charge in [0.1, 0.15) is 6.60 Å². The molecule has 4 aromatic rings. The Morgan fingerprint density at radius 1 is 0.548 bits per heavy atom. The molecule has 0 aromatic heterocycles. The molecule has 0 spiro atoms. The number of benzene rings is 4. The van der Waals surface area contributed by atoms with Crippen molar-refractivity contribution >= 4 is 94.0 Å². The van der Waals surface area contributed by atoms with Crippen molar-refractivity contribution in [1.82, 2.24) is 0 Å². The average molecular weight is 527 g/mol. The van der Waals surface area contributed by atoms with Gasteiger partial charge < -0.3 is 10.6 Å². The van der Waals surface area contributed by atoms with Gasteiger partial charge in [-0.05, 0) is 60.2 Å². The maximum Gasteiger partial charge on any atom is 0.255 e. The largest absolute Gasteiger partial charge is 0.322 e. The van der Waals surface area contributed by atoms with Crippen molar-refractivity contribution in [2.75, 3.05) is 10.6 Å². The Labute approximate surface area is 256 Å². The van der Waals surface area contributed by atoms with E-state index in [1.165, 1.54) is 18.2 Å². The van der Waals surface area contributed by atoms with E-state index in [0.29, 0.717) is 11.1 Å². The molecule has 2 unspecified atom stereocenters. The fourth-order valence-electron chi connectivity index (χ4n) is 5.11. The number of carbonyl (C=O) groups is 2. The molecule has 1 heterocycles. The predicted octanol–water partition coefficient (Wildman–Crippen LogP) is 2.26. The van der Waals surface area contributed by atoms with Crippen molar-refractivity contribution in [2.45, 2.75) is 11.6 Å². The molecule has 2 atom stereocenters. The van der Waals surface area contributed by atoms with Crippen LogP contribution in [0.1, 0.15) is 43.5 Å². The standard InChI is InChI=1S/C28H22B10N2O2/c29-30-31-32-33-34-35-36-37-38-25(19-11-15-21(16-12-19)27(41)39-23-7-3-1-4-8-23)26(38)20-13-17-22(18-14-20)28(42)40-24-9-5-2-6-10-24/h1-18,25-26H,(H,39,41)(H,40,42). The summed E-state index contributed by atoms with van der Waals surface area (Å²) in [6.07, 6.45) is 0. The van der Waals surface area contributed by atoms with Gasteiger partial charge in [0.15, 0.2) is 0 Å². The molecule has 10 radical (unpaired) electrons. The molecule has 0 bridgehead atoms. The first-order valence-electron chi connectivity index (χ1n) is 13.9. The van der Waals surface area contributed by atoms with Crippen LogP contribution in [0.4, 0.5) is 11.4 Å². The van der Waals surface area contributed by atoms with Gasteiger partial charge in [-0.3, -0.25) is 9.59 Å². The van der Waals surface area contributed by atoms with Crippen LogP contribution in [0.3, 0.4) is 0 Å². The van der Waals surface area contributed by atoms with Crippen LogP contribution >= 0.6 is 0 Å². The highest BCUT2D eigenvalue weighted by atomic mass is 16.2. The van der Waals surface area contributed by atoms with Gasteiger partial charge in [0, 0.05) is 86.7 Å². The van der Waals surface area contributed by atoms with Crippen LogP contribution in [0.5, 0.6) is 0 Å². The normalized spacial score (nSPS) is 14.9. The second kappa shape index (κ2) is 15.1. The summed E-state index contributed by atoms with van der Waals surface area (Å²) in [5, 5.41) is 5.88. The van der Waals surface area contributed by atoms with Crippen molar-refractivity contribution < 1.29 is 9.59 Å². The summed E-state index contributed by atoms with van der Waals surface area (Å²) in [4.78, 5) is 25.5. The maximum absolute atomic E-state index is 12.8. The summed E-state index contributed by atoms with van der Waals surface area (Å²) in [6.45, 7) is 0.288. The van der Waals surface area contributed by atoms with Crippen molar-refractivity contribution in [3.63, 3.8) is 0 Å². The minimum atomic E-state index is -0.136. The number of carbonyl (C=O) groups excluding carboxylic acids is 2. The minimum absolute atomic E-state index is 0.136. The van der Waals surface area contributed by atoms with Gasteiger partial charge in [-0.25, -0.2) is 0 Å². The molecule has 4 nitrogen and oxygen atoms in total. The summed E-state index contributed by atoms with van der Waals surface area (Å²) in [7, 11) is 20.7. The molecule has 0 saturated carbocycles. The number of hydrogen-bond acceptors (Lipinski definition) is 2. The molecule has 2 N–H and O–H groups in total. The molecule has 42 heavy (non-hydrogen) atoms. The van der Waals surface area contributed by atoms with Crippen LogP contribution in [-0.2, 0) is 0 Å². The first kappa shape index (κ1) is 29.9. The third-order valence-electron chi connectivity index (χ3n) is 7.25. The summed E-state index contributed by atoms with van der Waals surface area (Å²) < 4.78 is 0. The highest BCUT2D eigenvalue weighted by Gasteiger charge is 2.52. The van der Waals surface area contributed by atoms with E-state index in [1.54, 1.807) is 7.06 Å². The topological polar surface area (TPSA) is 58.2 Å². The van der Waals surface area contributed by atoms with Crippen LogP contribution in [0, 0.1) is 0 Å². The molecule has 4 aromatic carbocycles. The number of nitrogens with one attached hydrogen (secondary N) is 2. The Morgan fingerprint density at radius 2 is 0.952 bits per heavy atom. The molecule has 1 aliphatic heterocycles. The fraction of sp³-hybridized carbons (Fsp3) is 0.0714. The van der Waals surface area contributed by atoms with Crippen LogP contribution < -0.4 is 10.6 Å². The molecular formula is C28H22B10N2O2. The third kappa shape index (κ3) is 8.06. The number of rotatable bonds is 14. The van der Waals surface area contributed by atoms with Crippen LogP contribution in [-0.4, -0.2) is 82.6 Å². The zero-order valence-electron chi connectivity index (χ0n) is 23.1. The van der Waals surface area contributed by atoms with Gasteiger partial charge in [-0.15, -0.1) is 0 Å². The van der Waals surface area contributed by atoms with E-state index in [2.05, 4.69) is 24.8 Å². The van der Waals surface area contributed by atoms with Crippen molar-refractivity contribution in [3.05, 3.63) is 131 Å². The lowest BCUT2D eigenvalue weighted by Gasteiger charge is -2.08. The first-order valence-corrected chi connectivity index (χ1v) is 13.9. The molecule has 1 fully saturated rings. The Bertz CT molecular complexity index is 1340. The molecule has 5 rings (SSSR count). The van der Waals surface area contributed by atoms with Gasteiger partial charge in [0.05, 0.1) is 0 Å². The Hall–Kier alpha value is -3.53. The fourth-order valence-corrected chi connectivity index (χ4v) is 5.11. The second-order valence-electron chi connectivity index (χ2n) is 10.1. The quantitative estimate of drug-likeness (QED) is 0.196. The molecule has 1 saturated heterocycles. The number of amides is 2. The second-order valence-corrected chi connectivity index (χ2v) is 10.1. The van der Waals surface area contributed by atoms with E-state index < -0.39 is 0 Å². The lowest BCUT2D eigenvalue weighted by Crippen LogP contribution is -2.32. The SMILES string of the molecule is [B][B][B][B][B][B][B][B][B]B1C(c2ccc(C(=O)Nc3ccccc3)cc2)C1c1ccc(C(=O)Nc2ccccc2)cc1. The minimum Gasteiger partial charge on any atom is -0.322 e. The molecule has 186 valence electrons. The molecule has 0 aliphatic carbocycles. The summed E-state index contributed by atoms with van der Waals surface area (Å²) >= 11 is 0. The molecular weight excluding hydrogens is 504 g/mol. The zero-order chi connectivity index (χ0) is 29.1. The van der Waals surface area contributed by atoms with E-state index in [-0.39, 0.29) is 30.1 Å². The summed E-state index contributed by atoms with van der Waals surface area (Å²) in [5.41, 5.74) is 5.11. The van der Waals surface area contributed by atoms with E-state index in [4.69, 9.17) is 7.74 Å². The predicted molar refractivity (Wildman–Crippen MR) is 185 cm³/mol. The first-order chi connectivity index (χ1) is 20.6. The van der Waals surface area contributed by atoms with Crippen molar-refractivity contribution in [1.29, 1.82) is 0 Å². The molecule has 14 heteroatoms. The van der Waals surface area contributed by atoms with Crippen LogP contribution in [0.2, 0.25) is 0 Å². The van der Waals surface area contributed by atoms with Gasteiger partial charge >= 0.3 is 0 Å². The van der Waals surface area contributed by atoms with E-state index in [9.17, 15) is 9.59 Å². The Balaban J connectivity index is 1.25. The summed E-state index contributed by atoms with van der Waals surface area (Å²) in [5.74, 6) is 0.258. The summed E-state index contributed by atoms with van der Waals surface area (Å²) in [6, 6.07) is 34.6. The van der Waals surface area contributed by atoms with Gasteiger partial charge in [0.2, 0.25) is 0 Å².